The topological polar surface area (TPSA) is 103 Å². The van der Waals surface area contributed by atoms with Crippen molar-refractivity contribution in [3.8, 4) is 6.07 Å². The number of hydrogen-bond donors (Lipinski definition) is 1. The van der Waals surface area contributed by atoms with E-state index in [2.05, 4.69) is 4.98 Å². The predicted octanol–water partition coefficient (Wildman–Crippen LogP) is -0.612. The molecule has 0 fully saturated rings. The normalized spacial score (nSPS) is 13.3. The van der Waals surface area contributed by atoms with Crippen molar-refractivity contribution in [2.24, 2.45) is 0 Å². The number of carbonyl (C=O) groups is 1. The number of fused-ring (bicyclic) bond motifs is 1. The maximum absolute atomic E-state index is 10.9. The van der Waals surface area contributed by atoms with Gasteiger partial charge in [-0.25, -0.2) is 4.98 Å². The number of nitrogens with two attached hydrogens (primary N) is 1. The summed E-state index contributed by atoms with van der Waals surface area (Å²) in [6.45, 7) is 0. The molecule has 0 radical (unpaired) electrons. The summed E-state index contributed by atoms with van der Waals surface area (Å²) in [7, 11) is 0. The van der Waals surface area contributed by atoms with Gasteiger partial charge in [0.1, 0.15) is 17.5 Å². The molecule has 5 heteroatoms. The van der Waals surface area contributed by atoms with Crippen molar-refractivity contribution in [2.75, 3.05) is 5.73 Å². The van der Waals surface area contributed by atoms with Crippen molar-refractivity contribution in [2.45, 2.75) is 19.3 Å². The Bertz CT molecular complexity index is 488. The number of pyridine rings is 1. The molecular weight excluding hydrogens is 194 g/mol. The molecule has 0 bridgehead atoms. The molecule has 0 aliphatic heterocycles. The molecule has 0 saturated heterocycles. The number of hydrogen-bond acceptors (Lipinski definition) is 5. The van der Waals surface area contributed by atoms with Gasteiger partial charge < -0.3 is 15.6 Å². The number of carboxylic acids is 1. The Morgan fingerprint density at radius 3 is 2.87 bits per heavy atom. The van der Waals surface area contributed by atoms with Gasteiger partial charge in [-0.15, -0.1) is 0 Å². The molecule has 76 valence electrons. The summed E-state index contributed by atoms with van der Waals surface area (Å²) in [4.78, 5) is 15.0. The molecule has 2 N–H and O–H groups in total. The van der Waals surface area contributed by atoms with E-state index in [-0.39, 0.29) is 16.9 Å². The van der Waals surface area contributed by atoms with Crippen LogP contribution in [0.4, 0.5) is 5.82 Å². The van der Waals surface area contributed by atoms with Crippen LogP contribution in [0.1, 0.15) is 33.6 Å². The number of rotatable bonds is 1. The number of anilines is 1. The number of nitrogens with zero attached hydrogens (tertiary/aromatic N) is 2. The van der Waals surface area contributed by atoms with Crippen LogP contribution in [0.15, 0.2) is 0 Å². The minimum Gasteiger partial charge on any atom is -0.545 e. The first-order valence-corrected chi connectivity index (χ1v) is 4.57. The lowest BCUT2D eigenvalue weighted by Gasteiger charge is -2.12. The molecular formula is C10H8N3O2-. The molecule has 1 aromatic rings. The number of carbonyl (C=O) groups excluding carboxylic acids is 1. The largest absolute Gasteiger partial charge is 0.545 e. The zero-order chi connectivity index (χ0) is 11.0. The fraction of sp³-hybridized carbons (Fsp3) is 0.300. The van der Waals surface area contributed by atoms with Crippen molar-refractivity contribution in [1.82, 2.24) is 4.98 Å². The molecule has 0 spiro atoms. The second-order valence-electron chi connectivity index (χ2n) is 3.43. The molecule has 1 aromatic heterocycles. The van der Waals surface area contributed by atoms with E-state index in [1.54, 1.807) is 6.07 Å². The minimum absolute atomic E-state index is 0.0163. The van der Waals surface area contributed by atoms with Crippen LogP contribution in [0.5, 0.6) is 0 Å². The molecule has 1 aliphatic carbocycles. The summed E-state index contributed by atoms with van der Waals surface area (Å²) in [5.41, 5.74) is 6.67. The molecule has 0 aromatic carbocycles. The third kappa shape index (κ3) is 1.31. The van der Waals surface area contributed by atoms with Gasteiger partial charge in [-0.05, 0) is 24.8 Å². The van der Waals surface area contributed by atoms with Gasteiger partial charge in [-0.3, -0.25) is 0 Å². The Hall–Kier alpha value is -2.09. The van der Waals surface area contributed by atoms with Gasteiger partial charge >= 0.3 is 0 Å². The van der Waals surface area contributed by atoms with Gasteiger partial charge in [-0.2, -0.15) is 5.26 Å². The van der Waals surface area contributed by atoms with Crippen molar-refractivity contribution >= 4 is 11.8 Å². The average molecular weight is 202 g/mol. The van der Waals surface area contributed by atoms with E-state index in [0.717, 1.165) is 6.42 Å². The highest BCUT2D eigenvalue weighted by Crippen LogP contribution is 2.28. The lowest BCUT2D eigenvalue weighted by Crippen LogP contribution is -2.26. The zero-order valence-electron chi connectivity index (χ0n) is 7.91. The van der Waals surface area contributed by atoms with Crippen molar-refractivity contribution in [3.63, 3.8) is 0 Å². The van der Waals surface area contributed by atoms with Crippen LogP contribution >= 0.6 is 0 Å². The first-order valence-electron chi connectivity index (χ1n) is 4.57. The molecule has 0 amide bonds. The van der Waals surface area contributed by atoms with Crippen LogP contribution in [0.25, 0.3) is 0 Å². The lowest BCUT2D eigenvalue weighted by molar-refractivity contribution is -0.255. The number of nitrogen functional groups attached to an aromatic ring is 1. The van der Waals surface area contributed by atoms with Gasteiger partial charge in [0.2, 0.25) is 0 Å². The first kappa shape index (κ1) is 9.46. The highest BCUT2D eigenvalue weighted by Gasteiger charge is 2.22. The molecule has 1 aliphatic rings. The van der Waals surface area contributed by atoms with Gasteiger partial charge in [-0.1, -0.05) is 0 Å². The molecule has 0 saturated carbocycles. The van der Waals surface area contributed by atoms with E-state index in [4.69, 9.17) is 11.0 Å². The van der Waals surface area contributed by atoms with E-state index in [9.17, 15) is 9.90 Å². The van der Waals surface area contributed by atoms with Crippen LogP contribution in [-0.2, 0) is 12.8 Å². The summed E-state index contributed by atoms with van der Waals surface area (Å²) in [6.07, 6.45) is 2.18. The summed E-state index contributed by atoms with van der Waals surface area (Å²) < 4.78 is 0. The number of carboxylic acid groups (broad SMARTS) is 1. The van der Waals surface area contributed by atoms with Crippen molar-refractivity contribution in [1.29, 1.82) is 5.26 Å². The molecule has 5 nitrogen and oxygen atoms in total. The van der Waals surface area contributed by atoms with Crippen LogP contribution in [0, 0.1) is 11.3 Å². The van der Waals surface area contributed by atoms with Crippen LogP contribution in [0.2, 0.25) is 0 Å². The Morgan fingerprint density at radius 1 is 1.53 bits per heavy atom. The highest BCUT2D eigenvalue weighted by atomic mass is 16.4. The van der Waals surface area contributed by atoms with Gasteiger partial charge in [0.15, 0.2) is 0 Å². The van der Waals surface area contributed by atoms with Crippen LogP contribution in [0.3, 0.4) is 0 Å². The van der Waals surface area contributed by atoms with E-state index >= 15 is 0 Å². The summed E-state index contributed by atoms with van der Waals surface area (Å²) in [6, 6.07) is 1.77. The minimum atomic E-state index is -1.35. The predicted molar refractivity (Wildman–Crippen MR) is 49.7 cm³/mol. The SMILES string of the molecule is N#Cc1c(N)nc2c(c1C(=O)[O-])CCC2. The first-order chi connectivity index (χ1) is 7.15. The van der Waals surface area contributed by atoms with Crippen molar-refractivity contribution in [3.05, 3.63) is 22.4 Å². The third-order valence-electron chi connectivity index (χ3n) is 2.57. The summed E-state index contributed by atoms with van der Waals surface area (Å²) in [5.74, 6) is -1.36. The second-order valence-corrected chi connectivity index (χ2v) is 3.43. The van der Waals surface area contributed by atoms with E-state index < -0.39 is 5.97 Å². The lowest BCUT2D eigenvalue weighted by atomic mass is 10.0. The van der Waals surface area contributed by atoms with E-state index in [0.29, 0.717) is 24.1 Å². The van der Waals surface area contributed by atoms with Crippen LogP contribution in [-0.4, -0.2) is 11.0 Å². The molecule has 0 atom stereocenters. The monoisotopic (exact) mass is 202 g/mol. The maximum Gasteiger partial charge on any atom is 0.142 e. The highest BCUT2D eigenvalue weighted by molar-refractivity contribution is 5.93. The van der Waals surface area contributed by atoms with Gasteiger partial charge in [0.05, 0.1) is 5.97 Å². The quantitative estimate of drug-likeness (QED) is 0.654. The number of aromatic carboxylic acids is 1. The van der Waals surface area contributed by atoms with E-state index in [1.807, 2.05) is 0 Å². The fourth-order valence-corrected chi connectivity index (χ4v) is 1.94. The third-order valence-corrected chi connectivity index (χ3v) is 2.57. The van der Waals surface area contributed by atoms with Gasteiger partial charge in [0, 0.05) is 11.3 Å². The van der Waals surface area contributed by atoms with Crippen LogP contribution < -0.4 is 10.8 Å². The molecule has 2 rings (SSSR count). The Balaban J connectivity index is 2.78. The standard InChI is InChI=1S/C10H9N3O2/c11-4-6-8(10(14)15)5-2-1-3-7(5)13-9(6)12/h1-3H2,(H2,12,13)(H,14,15)/p-1. The Kier molecular flexibility index (Phi) is 2.05. The fourth-order valence-electron chi connectivity index (χ4n) is 1.94. The summed E-state index contributed by atoms with van der Waals surface area (Å²) in [5, 5.41) is 19.8. The maximum atomic E-state index is 10.9. The number of nitriles is 1. The molecule has 15 heavy (non-hydrogen) atoms. The van der Waals surface area contributed by atoms with Crippen molar-refractivity contribution < 1.29 is 9.90 Å². The van der Waals surface area contributed by atoms with E-state index in [1.165, 1.54) is 0 Å². The van der Waals surface area contributed by atoms with Gasteiger partial charge in [0.25, 0.3) is 0 Å². The average Bonchev–Trinajstić information content (AvgIpc) is 2.62. The summed E-state index contributed by atoms with van der Waals surface area (Å²) >= 11 is 0. The molecule has 0 unspecified atom stereocenters. The second kappa shape index (κ2) is 3.24. The zero-order valence-corrected chi connectivity index (χ0v) is 7.91. The smallest absolute Gasteiger partial charge is 0.142 e. The Morgan fingerprint density at radius 2 is 2.27 bits per heavy atom. The number of aryl methyl sites for hydroxylation is 1. The Labute approximate surface area is 86.2 Å². The number of aromatic nitrogens is 1. The molecule has 1 heterocycles.